The number of rotatable bonds is 5. The van der Waals surface area contributed by atoms with Crippen LogP contribution < -0.4 is 0 Å². The fourth-order valence-corrected chi connectivity index (χ4v) is 1.68. The highest BCUT2D eigenvalue weighted by Crippen LogP contribution is 2.32. The highest BCUT2D eigenvalue weighted by atomic mass is 16.7. The Hall–Kier alpha value is -0.760. The lowest BCUT2D eigenvalue weighted by atomic mass is 10.1. The van der Waals surface area contributed by atoms with Crippen molar-refractivity contribution in [1.82, 2.24) is 0 Å². The third kappa shape index (κ3) is 3.18. The van der Waals surface area contributed by atoms with Crippen molar-refractivity contribution in [2.24, 2.45) is 0 Å². The molecular formula is C12H20O2. The molecule has 1 aliphatic heterocycles. The smallest absolute Gasteiger partial charge is 0.209 e. The van der Waals surface area contributed by atoms with Crippen LogP contribution in [0.15, 0.2) is 24.5 Å². The minimum Gasteiger partial charge on any atom is -0.470 e. The molecule has 1 saturated heterocycles. The van der Waals surface area contributed by atoms with Crippen molar-refractivity contribution in [2.45, 2.75) is 45.3 Å². The van der Waals surface area contributed by atoms with E-state index in [9.17, 15) is 0 Å². The van der Waals surface area contributed by atoms with Gasteiger partial charge in [0.1, 0.15) is 0 Å². The Kier molecular flexibility index (Phi) is 4.74. The van der Waals surface area contributed by atoms with Crippen LogP contribution in [0.4, 0.5) is 0 Å². The van der Waals surface area contributed by atoms with Gasteiger partial charge in [-0.1, -0.05) is 18.2 Å². The average molecular weight is 196 g/mol. The largest absolute Gasteiger partial charge is 0.470 e. The normalized spacial score (nSPS) is 27.9. The fourth-order valence-electron chi connectivity index (χ4n) is 1.68. The first-order chi connectivity index (χ1) is 6.83. The molecule has 0 aliphatic carbocycles. The predicted octanol–water partition coefficient (Wildman–Crippen LogP) is 3.40. The zero-order valence-corrected chi connectivity index (χ0v) is 9.16. The van der Waals surface area contributed by atoms with Gasteiger partial charge in [0.25, 0.3) is 0 Å². The summed E-state index contributed by atoms with van der Waals surface area (Å²) < 4.78 is 11.3. The Morgan fingerprint density at radius 1 is 1.36 bits per heavy atom. The molecule has 0 aromatic heterocycles. The number of hydrogen-bond acceptors (Lipinski definition) is 2. The summed E-state index contributed by atoms with van der Waals surface area (Å²) in [4.78, 5) is 0. The molecule has 0 aromatic rings. The van der Waals surface area contributed by atoms with Gasteiger partial charge in [0.15, 0.2) is 0 Å². The third-order valence-electron chi connectivity index (χ3n) is 2.41. The molecule has 2 nitrogen and oxygen atoms in total. The fraction of sp³-hybridized carbons (Fsp3) is 0.667. The molecule has 0 amide bonds. The Morgan fingerprint density at radius 2 is 2.21 bits per heavy atom. The highest BCUT2D eigenvalue weighted by molar-refractivity contribution is 4.85. The zero-order chi connectivity index (χ0) is 10.3. The lowest BCUT2D eigenvalue weighted by molar-refractivity contribution is -0.179. The summed E-state index contributed by atoms with van der Waals surface area (Å²) in [5.74, 6) is -0.341. The topological polar surface area (TPSA) is 18.5 Å². The van der Waals surface area contributed by atoms with Gasteiger partial charge in [-0.15, -0.1) is 0 Å². The molecule has 1 heterocycles. The van der Waals surface area contributed by atoms with Gasteiger partial charge >= 0.3 is 0 Å². The molecule has 0 bridgehead atoms. The van der Waals surface area contributed by atoms with Crippen LogP contribution >= 0.6 is 0 Å². The van der Waals surface area contributed by atoms with E-state index in [2.05, 4.69) is 12.2 Å². The predicted molar refractivity (Wildman–Crippen MR) is 57.9 cm³/mol. The first-order valence-electron chi connectivity index (χ1n) is 5.37. The van der Waals surface area contributed by atoms with Crippen LogP contribution in [0.5, 0.6) is 0 Å². The van der Waals surface area contributed by atoms with Crippen molar-refractivity contribution in [3.63, 3.8) is 0 Å². The Balaban J connectivity index is 2.43. The monoisotopic (exact) mass is 196 g/mol. The molecule has 1 atom stereocenters. The molecular weight excluding hydrogens is 176 g/mol. The van der Waals surface area contributed by atoms with Gasteiger partial charge in [0, 0.05) is 12.8 Å². The van der Waals surface area contributed by atoms with E-state index in [1.165, 1.54) is 0 Å². The van der Waals surface area contributed by atoms with Crippen molar-refractivity contribution in [3.8, 4) is 0 Å². The summed E-state index contributed by atoms with van der Waals surface area (Å²) in [5, 5.41) is 0. The number of ether oxygens (including phenoxy) is 2. The van der Waals surface area contributed by atoms with Crippen molar-refractivity contribution >= 4 is 0 Å². The summed E-state index contributed by atoms with van der Waals surface area (Å²) in [6, 6.07) is 0. The van der Waals surface area contributed by atoms with E-state index >= 15 is 0 Å². The van der Waals surface area contributed by atoms with Gasteiger partial charge in [0.2, 0.25) is 5.79 Å². The average Bonchev–Trinajstić information content (AvgIpc) is 2.65. The first kappa shape index (κ1) is 11.3. The summed E-state index contributed by atoms with van der Waals surface area (Å²) >= 11 is 0. The zero-order valence-electron chi connectivity index (χ0n) is 9.16. The van der Waals surface area contributed by atoms with E-state index in [4.69, 9.17) is 9.47 Å². The van der Waals surface area contributed by atoms with Crippen LogP contribution in [0.25, 0.3) is 0 Å². The summed E-state index contributed by atoms with van der Waals surface area (Å²) in [6.07, 6.45) is 11.9. The Morgan fingerprint density at radius 3 is 2.79 bits per heavy atom. The third-order valence-corrected chi connectivity index (χ3v) is 2.41. The molecule has 1 aliphatic rings. The maximum Gasteiger partial charge on any atom is 0.209 e. The highest BCUT2D eigenvalue weighted by Gasteiger charge is 2.35. The van der Waals surface area contributed by atoms with Gasteiger partial charge in [-0.25, -0.2) is 0 Å². The molecule has 1 fully saturated rings. The number of hydrogen-bond donors (Lipinski definition) is 0. The van der Waals surface area contributed by atoms with E-state index in [0.29, 0.717) is 0 Å². The molecule has 2 heteroatoms. The molecule has 0 saturated carbocycles. The van der Waals surface area contributed by atoms with Crippen molar-refractivity contribution < 1.29 is 9.47 Å². The lowest BCUT2D eigenvalue weighted by Gasteiger charge is -2.27. The van der Waals surface area contributed by atoms with E-state index in [0.717, 1.165) is 32.3 Å². The minimum absolute atomic E-state index is 0.341. The number of allylic oxidation sites excluding steroid dienone is 3. The van der Waals surface area contributed by atoms with E-state index in [-0.39, 0.29) is 5.79 Å². The maximum atomic E-state index is 5.68. The van der Waals surface area contributed by atoms with Crippen LogP contribution in [0.3, 0.4) is 0 Å². The van der Waals surface area contributed by atoms with Gasteiger partial charge in [-0.3, -0.25) is 0 Å². The van der Waals surface area contributed by atoms with Crippen molar-refractivity contribution in [2.75, 3.05) is 6.61 Å². The second kappa shape index (κ2) is 5.86. The van der Waals surface area contributed by atoms with Crippen molar-refractivity contribution in [3.05, 3.63) is 24.5 Å². The Bertz CT molecular complexity index is 200. The Labute approximate surface area is 86.6 Å². The van der Waals surface area contributed by atoms with Gasteiger partial charge in [0.05, 0.1) is 12.9 Å². The molecule has 1 rings (SSSR count). The van der Waals surface area contributed by atoms with Gasteiger partial charge in [-0.05, 0) is 26.7 Å². The second-order valence-corrected chi connectivity index (χ2v) is 3.56. The molecule has 0 spiro atoms. The molecule has 1 unspecified atom stereocenters. The lowest BCUT2D eigenvalue weighted by Crippen LogP contribution is -2.29. The molecule has 0 aromatic carbocycles. The van der Waals surface area contributed by atoms with Crippen LogP contribution in [0.1, 0.15) is 39.5 Å². The molecule has 80 valence electrons. The van der Waals surface area contributed by atoms with E-state index in [1.807, 2.05) is 19.9 Å². The van der Waals surface area contributed by atoms with Crippen molar-refractivity contribution in [1.29, 1.82) is 0 Å². The minimum atomic E-state index is -0.341. The van der Waals surface area contributed by atoms with Gasteiger partial charge in [-0.2, -0.15) is 0 Å². The molecule has 0 radical (unpaired) electrons. The van der Waals surface area contributed by atoms with Crippen LogP contribution in [0.2, 0.25) is 0 Å². The van der Waals surface area contributed by atoms with Crippen LogP contribution in [-0.4, -0.2) is 12.4 Å². The summed E-state index contributed by atoms with van der Waals surface area (Å²) in [6.45, 7) is 4.82. The standard InChI is InChI=1S/C12H20O2/c1-3-5-6-8-12(13-10-4-2)9-7-11-14-12/h3-5,10H,6-9,11H2,1-2H3/b5-3+,10-4+. The summed E-state index contributed by atoms with van der Waals surface area (Å²) in [5.41, 5.74) is 0. The quantitative estimate of drug-likeness (QED) is 0.495. The van der Waals surface area contributed by atoms with Crippen LogP contribution in [-0.2, 0) is 9.47 Å². The van der Waals surface area contributed by atoms with Gasteiger partial charge < -0.3 is 9.47 Å². The van der Waals surface area contributed by atoms with E-state index in [1.54, 1.807) is 6.26 Å². The molecule has 14 heavy (non-hydrogen) atoms. The SMILES string of the molecule is C/C=C/CCC1(O/C=C/C)CCCO1. The first-order valence-corrected chi connectivity index (χ1v) is 5.37. The maximum absolute atomic E-state index is 5.68. The summed E-state index contributed by atoms with van der Waals surface area (Å²) in [7, 11) is 0. The van der Waals surface area contributed by atoms with E-state index < -0.39 is 0 Å². The second-order valence-electron chi connectivity index (χ2n) is 3.56. The molecule has 0 N–H and O–H groups in total. The van der Waals surface area contributed by atoms with Crippen LogP contribution in [0, 0.1) is 0 Å².